The summed E-state index contributed by atoms with van der Waals surface area (Å²) >= 11 is 0. The molecule has 16 heavy (non-hydrogen) atoms. The number of nitrogens with zero attached hydrogens (tertiary/aromatic N) is 1. The lowest BCUT2D eigenvalue weighted by atomic mass is 9.72. The van der Waals surface area contributed by atoms with Gasteiger partial charge in [0.05, 0.1) is 5.52 Å². The Bertz CT molecular complexity index is 574. The molecule has 1 aliphatic rings. The van der Waals surface area contributed by atoms with Gasteiger partial charge in [-0.25, -0.2) is 4.79 Å². The number of fused-ring (bicyclic) bond motifs is 1. The van der Waals surface area contributed by atoms with E-state index in [2.05, 4.69) is 22.1 Å². The third kappa shape index (κ3) is 1.15. The first-order valence-electron chi connectivity index (χ1n) is 5.51. The van der Waals surface area contributed by atoms with Crippen LogP contribution in [0.3, 0.4) is 0 Å². The van der Waals surface area contributed by atoms with E-state index in [1.165, 1.54) is 5.39 Å². The van der Waals surface area contributed by atoms with Gasteiger partial charge in [0.2, 0.25) is 6.08 Å². The average Bonchev–Trinajstić information content (AvgIpc) is 2.71. The van der Waals surface area contributed by atoms with E-state index in [-0.39, 0.29) is 5.54 Å². The summed E-state index contributed by atoms with van der Waals surface area (Å²) in [4.78, 5) is 17.8. The summed E-state index contributed by atoms with van der Waals surface area (Å²) in [6, 6.07) is 8.17. The van der Waals surface area contributed by atoms with Gasteiger partial charge in [0.25, 0.3) is 0 Å². The number of hydrogen-bond acceptors (Lipinski definition) is 2. The number of para-hydroxylation sites is 1. The normalized spacial score (nSPS) is 17.8. The number of rotatable bonds is 2. The van der Waals surface area contributed by atoms with E-state index in [0.29, 0.717) is 0 Å². The number of aliphatic imine (C=N–C) groups is 1. The van der Waals surface area contributed by atoms with E-state index in [4.69, 9.17) is 0 Å². The van der Waals surface area contributed by atoms with Crippen molar-refractivity contribution < 1.29 is 4.79 Å². The zero-order valence-corrected chi connectivity index (χ0v) is 8.86. The predicted molar refractivity (Wildman–Crippen MR) is 61.9 cm³/mol. The lowest BCUT2D eigenvalue weighted by Gasteiger charge is -2.37. The minimum Gasteiger partial charge on any atom is -0.361 e. The number of benzene rings is 1. The summed E-state index contributed by atoms with van der Waals surface area (Å²) in [6.45, 7) is 0. The maximum atomic E-state index is 10.6. The molecule has 2 aromatic rings. The second-order valence-corrected chi connectivity index (χ2v) is 4.34. The van der Waals surface area contributed by atoms with Gasteiger partial charge in [0, 0.05) is 11.8 Å². The van der Waals surface area contributed by atoms with Crippen LogP contribution in [0.15, 0.2) is 35.5 Å². The van der Waals surface area contributed by atoms with E-state index in [1.807, 2.05) is 18.3 Å². The molecule has 1 aliphatic carbocycles. The number of nitrogens with one attached hydrogen (secondary N) is 1. The van der Waals surface area contributed by atoms with Crippen LogP contribution >= 0.6 is 0 Å². The molecule has 0 spiro atoms. The first-order valence-corrected chi connectivity index (χ1v) is 5.51. The molecular formula is C13H12N2O. The van der Waals surface area contributed by atoms with Crippen molar-refractivity contribution in [1.29, 1.82) is 0 Å². The van der Waals surface area contributed by atoms with Gasteiger partial charge < -0.3 is 4.98 Å². The van der Waals surface area contributed by atoms with Crippen molar-refractivity contribution in [2.24, 2.45) is 4.99 Å². The fourth-order valence-electron chi connectivity index (χ4n) is 2.51. The molecule has 0 saturated heterocycles. The number of carbonyl (C=O) groups excluding carboxylic acids is 1. The lowest BCUT2D eigenvalue weighted by molar-refractivity contribution is 0.258. The molecule has 1 saturated carbocycles. The minimum atomic E-state index is -0.313. The molecule has 1 aromatic heterocycles. The smallest absolute Gasteiger partial charge is 0.235 e. The Balaban J connectivity index is 2.24. The number of aromatic nitrogens is 1. The van der Waals surface area contributed by atoms with Crippen molar-refractivity contribution in [3.05, 3.63) is 36.0 Å². The quantitative estimate of drug-likeness (QED) is 0.603. The minimum absolute atomic E-state index is 0.313. The molecular weight excluding hydrogens is 200 g/mol. The van der Waals surface area contributed by atoms with Gasteiger partial charge in [0.15, 0.2) is 0 Å². The van der Waals surface area contributed by atoms with Gasteiger partial charge in [-0.2, -0.15) is 4.99 Å². The summed E-state index contributed by atoms with van der Waals surface area (Å²) in [6.07, 6.45) is 6.67. The predicted octanol–water partition coefficient (Wildman–Crippen LogP) is 2.88. The standard InChI is InChI=1S/C13H12N2O/c16-9-15-13(6-2-7-13)11-4-1-3-10-5-8-14-12(10)11/h1,3-5,8,14H,2,6-7H2. The fraction of sp³-hybridized carbons (Fsp3) is 0.308. The second-order valence-electron chi connectivity index (χ2n) is 4.34. The topological polar surface area (TPSA) is 45.2 Å². The first kappa shape index (κ1) is 9.37. The Labute approximate surface area is 93.2 Å². The van der Waals surface area contributed by atoms with Crippen LogP contribution < -0.4 is 0 Å². The average molecular weight is 212 g/mol. The molecule has 1 fully saturated rings. The maximum absolute atomic E-state index is 10.6. The van der Waals surface area contributed by atoms with Gasteiger partial charge in [-0.3, -0.25) is 0 Å². The number of aromatic amines is 1. The van der Waals surface area contributed by atoms with Crippen LogP contribution in [0.25, 0.3) is 10.9 Å². The Kier molecular flexibility index (Phi) is 1.95. The van der Waals surface area contributed by atoms with Crippen molar-refractivity contribution >= 4 is 17.0 Å². The molecule has 0 bridgehead atoms. The molecule has 3 nitrogen and oxygen atoms in total. The summed E-state index contributed by atoms with van der Waals surface area (Å²) in [7, 11) is 0. The number of isocyanates is 1. The largest absolute Gasteiger partial charge is 0.361 e. The highest BCUT2D eigenvalue weighted by atomic mass is 16.1. The molecule has 1 aromatic carbocycles. The van der Waals surface area contributed by atoms with Gasteiger partial charge >= 0.3 is 0 Å². The number of H-pyrrole nitrogens is 1. The SMILES string of the molecule is O=C=NC1(c2cccc3cc[nH]c23)CCC1. The van der Waals surface area contributed by atoms with E-state index in [0.717, 1.165) is 30.3 Å². The van der Waals surface area contributed by atoms with Crippen LogP contribution in [0.5, 0.6) is 0 Å². The van der Waals surface area contributed by atoms with E-state index in [9.17, 15) is 4.79 Å². The van der Waals surface area contributed by atoms with Crippen LogP contribution in [-0.2, 0) is 10.3 Å². The highest BCUT2D eigenvalue weighted by molar-refractivity contribution is 5.83. The molecule has 3 heteroatoms. The van der Waals surface area contributed by atoms with Gasteiger partial charge in [-0.15, -0.1) is 0 Å². The molecule has 0 atom stereocenters. The zero-order chi connectivity index (χ0) is 11.0. The Morgan fingerprint density at radius 1 is 1.31 bits per heavy atom. The summed E-state index contributed by atoms with van der Waals surface area (Å²) < 4.78 is 0. The zero-order valence-electron chi connectivity index (χ0n) is 8.86. The second kappa shape index (κ2) is 3.32. The van der Waals surface area contributed by atoms with Gasteiger partial charge in [0.1, 0.15) is 5.54 Å². The fourth-order valence-corrected chi connectivity index (χ4v) is 2.51. The lowest BCUT2D eigenvalue weighted by Crippen LogP contribution is -2.32. The van der Waals surface area contributed by atoms with Crippen molar-refractivity contribution in [3.63, 3.8) is 0 Å². The van der Waals surface area contributed by atoms with E-state index < -0.39 is 0 Å². The Morgan fingerprint density at radius 2 is 2.19 bits per heavy atom. The van der Waals surface area contributed by atoms with Gasteiger partial charge in [-0.05, 0) is 30.7 Å². The molecule has 1 heterocycles. The third-order valence-corrected chi connectivity index (χ3v) is 3.53. The molecule has 80 valence electrons. The number of hydrogen-bond donors (Lipinski definition) is 1. The molecule has 0 aliphatic heterocycles. The van der Waals surface area contributed by atoms with Crippen molar-refractivity contribution in [1.82, 2.24) is 4.98 Å². The molecule has 3 rings (SSSR count). The van der Waals surface area contributed by atoms with Crippen molar-refractivity contribution in [2.45, 2.75) is 24.8 Å². The molecule has 0 amide bonds. The molecule has 1 N–H and O–H groups in total. The molecule has 0 radical (unpaired) electrons. The van der Waals surface area contributed by atoms with Crippen molar-refractivity contribution in [2.75, 3.05) is 0 Å². The Morgan fingerprint density at radius 3 is 2.88 bits per heavy atom. The van der Waals surface area contributed by atoms with E-state index >= 15 is 0 Å². The first-order chi connectivity index (χ1) is 7.86. The van der Waals surface area contributed by atoms with Crippen LogP contribution in [-0.4, -0.2) is 11.1 Å². The third-order valence-electron chi connectivity index (χ3n) is 3.53. The summed E-state index contributed by atoms with van der Waals surface area (Å²) in [5.74, 6) is 0. The summed E-state index contributed by atoms with van der Waals surface area (Å²) in [5.41, 5.74) is 1.91. The highest BCUT2D eigenvalue weighted by Gasteiger charge is 2.40. The van der Waals surface area contributed by atoms with Crippen LogP contribution in [0.1, 0.15) is 24.8 Å². The van der Waals surface area contributed by atoms with Crippen molar-refractivity contribution in [3.8, 4) is 0 Å². The van der Waals surface area contributed by atoms with Crippen LogP contribution in [0.2, 0.25) is 0 Å². The highest BCUT2D eigenvalue weighted by Crippen LogP contribution is 2.46. The maximum Gasteiger partial charge on any atom is 0.235 e. The summed E-state index contributed by atoms with van der Waals surface area (Å²) in [5, 5.41) is 1.17. The van der Waals surface area contributed by atoms with Gasteiger partial charge in [-0.1, -0.05) is 18.2 Å². The molecule has 0 unspecified atom stereocenters. The van der Waals surface area contributed by atoms with E-state index in [1.54, 1.807) is 6.08 Å². The van der Waals surface area contributed by atoms with Crippen LogP contribution in [0.4, 0.5) is 0 Å². The monoisotopic (exact) mass is 212 g/mol. The van der Waals surface area contributed by atoms with Crippen LogP contribution in [0, 0.1) is 0 Å². The Hall–Kier alpha value is -1.86.